The van der Waals surface area contributed by atoms with Crippen LogP contribution in [0.25, 0.3) is 0 Å². The molecule has 4 nitrogen and oxygen atoms in total. The molecule has 0 aliphatic carbocycles. The molecule has 1 N–H and O–H groups in total. The number of nitrogens with zero attached hydrogens (tertiary/aromatic N) is 1. The predicted octanol–water partition coefficient (Wildman–Crippen LogP) is 2.26. The monoisotopic (exact) mass is 280 g/mol. The zero-order chi connectivity index (χ0) is 13.9. The van der Waals surface area contributed by atoms with Crippen LogP contribution in [0.3, 0.4) is 0 Å². The summed E-state index contributed by atoms with van der Waals surface area (Å²) in [5.74, 6) is -0.775. The number of rotatable bonds is 4. The molecule has 0 aliphatic rings. The largest absolute Gasteiger partial charge is 0.260 e. The van der Waals surface area contributed by atoms with E-state index >= 15 is 0 Å². The summed E-state index contributed by atoms with van der Waals surface area (Å²) in [6.07, 6.45) is 1.57. The fourth-order valence-corrected chi connectivity index (χ4v) is 2.95. The highest BCUT2D eigenvalue weighted by molar-refractivity contribution is 7.89. The van der Waals surface area contributed by atoms with E-state index in [1.807, 2.05) is 0 Å². The topological polar surface area (TPSA) is 59.1 Å². The van der Waals surface area contributed by atoms with Gasteiger partial charge in [0.05, 0.1) is 11.7 Å². The van der Waals surface area contributed by atoms with Gasteiger partial charge in [-0.3, -0.25) is 4.98 Å². The summed E-state index contributed by atoms with van der Waals surface area (Å²) in [6.45, 7) is 1.65. The Labute approximate surface area is 111 Å². The van der Waals surface area contributed by atoms with E-state index in [2.05, 4.69) is 9.71 Å². The van der Waals surface area contributed by atoms with Crippen molar-refractivity contribution in [3.8, 4) is 0 Å². The number of hydrogen-bond donors (Lipinski definition) is 1. The molecular weight excluding hydrogens is 267 g/mol. The van der Waals surface area contributed by atoms with Gasteiger partial charge in [-0.25, -0.2) is 17.5 Å². The van der Waals surface area contributed by atoms with Gasteiger partial charge < -0.3 is 0 Å². The Balaban J connectivity index is 2.26. The molecule has 1 heterocycles. The molecular formula is C13H13FN2O2S. The summed E-state index contributed by atoms with van der Waals surface area (Å²) in [7, 11) is -3.90. The molecule has 0 aliphatic heterocycles. The Bertz CT molecular complexity index is 659. The SMILES string of the molecule is C[C@H](NS(=O)(=O)c1ccccc1F)c1ccccn1. The number of sulfonamides is 1. The normalized spacial score (nSPS) is 13.2. The van der Waals surface area contributed by atoms with Crippen LogP contribution < -0.4 is 4.72 Å². The van der Waals surface area contributed by atoms with Gasteiger partial charge in [0.25, 0.3) is 0 Å². The molecule has 0 saturated heterocycles. The number of benzene rings is 1. The molecule has 6 heteroatoms. The molecule has 2 aromatic rings. The van der Waals surface area contributed by atoms with Crippen LogP contribution in [-0.4, -0.2) is 13.4 Å². The molecule has 0 unspecified atom stereocenters. The van der Waals surface area contributed by atoms with E-state index in [-0.39, 0.29) is 4.90 Å². The molecule has 0 fully saturated rings. The second-order valence-corrected chi connectivity index (χ2v) is 5.71. The van der Waals surface area contributed by atoms with Gasteiger partial charge in [0.2, 0.25) is 10.0 Å². The van der Waals surface area contributed by atoms with Crippen molar-refractivity contribution in [1.29, 1.82) is 0 Å². The third-order valence-electron chi connectivity index (χ3n) is 2.59. The average Bonchev–Trinajstić information content (AvgIpc) is 2.39. The first-order valence-electron chi connectivity index (χ1n) is 5.68. The zero-order valence-corrected chi connectivity index (χ0v) is 11.1. The van der Waals surface area contributed by atoms with E-state index in [1.165, 1.54) is 18.2 Å². The van der Waals surface area contributed by atoms with E-state index in [0.29, 0.717) is 5.69 Å². The fraction of sp³-hybridized carbons (Fsp3) is 0.154. The summed E-state index contributed by atoms with van der Waals surface area (Å²) in [4.78, 5) is 3.70. The number of pyridine rings is 1. The maximum atomic E-state index is 13.5. The van der Waals surface area contributed by atoms with Crippen molar-refractivity contribution in [3.05, 3.63) is 60.2 Å². The minimum Gasteiger partial charge on any atom is -0.260 e. The van der Waals surface area contributed by atoms with Crippen LogP contribution in [0.2, 0.25) is 0 Å². The molecule has 0 spiro atoms. The van der Waals surface area contributed by atoms with E-state index in [0.717, 1.165) is 6.07 Å². The summed E-state index contributed by atoms with van der Waals surface area (Å²) >= 11 is 0. The predicted molar refractivity (Wildman–Crippen MR) is 69.4 cm³/mol. The maximum Gasteiger partial charge on any atom is 0.244 e. The zero-order valence-electron chi connectivity index (χ0n) is 10.2. The maximum absolute atomic E-state index is 13.5. The lowest BCUT2D eigenvalue weighted by molar-refractivity contribution is 0.545. The highest BCUT2D eigenvalue weighted by atomic mass is 32.2. The minimum atomic E-state index is -3.90. The van der Waals surface area contributed by atoms with Crippen LogP contribution in [0.15, 0.2) is 53.6 Å². The van der Waals surface area contributed by atoms with Crippen molar-refractivity contribution in [2.75, 3.05) is 0 Å². The Morgan fingerprint density at radius 3 is 2.47 bits per heavy atom. The van der Waals surface area contributed by atoms with Crippen LogP contribution in [0.5, 0.6) is 0 Å². The highest BCUT2D eigenvalue weighted by Gasteiger charge is 2.21. The van der Waals surface area contributed by atoms with E-state index in [9.17, 15) is 12.8 Å². The molecule has 2 rings (SSSR count). The number of nitrogens with one attached hydrogen (secondary N) is 1. The lowest BCUT2D eigenvalue weighted by atomic mass is 10.2. The Kier molecular flexibility index (Phi) is 3.92. The summed E-state index contributed by atoms with van der Waals surface area (Å²) < 4.78 is 40.0. The van der Waals surface area contributed by atoms with Gasteiger partial charge in [-0.05, 0) is 31.2 Å². The van der Waals surface area contributed by atoms with E-state index in [1.54, 1.807) is 31.3 Å². The fourth-order valence-electron chi connectivity index (χ4n) is 1.65. The minimum absolute atomic E-state index is 0.363. The molecule has 0 bridgehead atoms. The number of aromatic nitrogens is 1. The van der Waals surface area contributed by atoms with Crippen molar-refractivity contribution in [1.82, 2.24) is 9.71 Å². The second-order valence-electron chi connectivity index (χ2n) is 4.03. The molecule has 0 radical (unpaired) electrons. The van der Waals surface area contributed by atoms with Crippen molar-refractivity contribution in [2.24, 2.45) is 0 Å². The van der Waals surface area contributed by atoms with E-state index < -0.39 is 21.9 Å². The lowest BCUT2D eigenvalue weighted by Crippen LogP contribution is -2.28. The van der Waals surface area contributed by atoms with Crippen LogP contribution >= 0.6 is 0 Å². The van der Waals surface area contributed by atoms with Crippen molar-refractivity contribution in [3.63, 3.8) is 0 Å². The van der Waals surface area contributed by atoms with Crippen LogP contribution in [0.1, 0.15) is 18.7 Å². The van der Waals surface area contributed by atoms with Gasteiger partial charge in [0, 0.05) is 6.20 Å². The summed E-state index contributed by atoms with van der Waals surface area (Å²) in [5, 5.41) is 0. The molecule has 100 valence electrons. The Hall–Kier alpha value is -1.79. The van der Waals surface area contributed by atoms with Gasteiger partial charge in [0.1, 0.15) is 10.7 Å². The quantitative estimate of drug-likeness (QED) is 0.934. The molecule has 1 aromatic heterocycles. The first-order chi connectivity index (χ1) is 9.00. The van der Waals surface area contributed by atoms with Crippen molar-refractivity contribution in [2.45, 2.75) is 17.9 Å². The van der Waals surface area contributed by atoms with Crippen LogP contribution in [-0.2, 0) is 10.0 Å². The molecule has 0 amide bonds. The first-order valence-corrected chi connectivity index (χ1v) is 7.17. The molecule has 19 heavy (non-hydrogen) atoms. The lowest BCUT2D eigenvalue weighted by Gasteiger charge is -2.14. The second kappa shape index (κ2) is 5.46. The Morgan fingerprint density at radius 2 is 1.84 bits per heavy atom. The Morgan fingerprint density at radius 1 is 1.16 bits per heavy atom. The first kappa shape index (κ1) is 13.6. The third kappa shape index (κ3) is 3.15. The van der Waals surface area contributed by atoms with Crippen LogP contribution in [0.4, 0.5) is 4.39 Å². The van der Waals surface area contributed by atoms with Crippen molar-refractivity contribution < 1.29 is 12.8 Å². The van der Waals surface area contributed by atoms with Crippen LogP contribution in [0, 0.1) is 5.82 Å². The standard InChI is InChI=1S/C13H13FN2O2S/c1-10(12-7-4-5-9-15-12)16-19(17,18)13-8-3-2-6-11(13)14/h2-10,16H,1H3/t10-/m0/s1. The summed E-state index contributed by atoms with van der Waals surface area (Å²) in [5.41, 5.74) is 0.572. The van der Waals surface area contributed by atoms with E-state index in [4.69, 9.17) is 0 Å². The van der Waals surface area contributed by atoms with Gasteiger partial charge in [0.15, 0.2) is 0 Å². The van der Waals surface area contributed by atoms with Gasteiger partial charge in [-0.2, -0.15) is 0 Å². The third-order valence-corrected chi connectivity index (χ3v) is 4.16. The molecule has 1 aromatic carbocycles. The molecule has 1 atom stereocenters. The number of hydrogen-bond acceptors (Lipinski definition) is 3. The van der Waals surface area contributed by atoms with Gasteiger partial charge in [-0.15, -0.1) is 0 Å². The smallest absolute Gasteiger partial charge is 0.244 e. The number of halogens is 1. The molecule has 0 saturated carbocycles. The average molecular weight is 280 g/mol. The summed E-state index contributed by atoms with van der Waals surface area (Å²) in [6, 6.07) is 9.92. The van der Waals surface area contributed by atoms with Crippen molar-refractivity contribution >= 4 is 10.0 Å². The highest BCUT2D eigenvalue weighted by Crippen LogP contribution is 2.17. The van der Waals surface area contributed by atoms with Gasteiger partial charge >= 0.3 is 0 Å². The van der Waals surface area contributed by atoms with Gasteiger partial charge in [-0.1, -0.05) is 18.2 Å².